The Kier molecular flexibility index (Phi) is 3.12. The van der Waals surface area contributed by atoms with E-state index < -0.39 is 5.97 Å². The Balaban J connectivity index is 2.15. The number of nitrogens with zero attached hydrogens (tertiary/aromatic N) is 2. The molecule has 2 rings (SSSR count). The normalized spacial score (nSPS) is 20.3. The van der Waals surface area contributed by atoms with E-state index in [2.05, 4.69) is 9.68 Å². The molecule has 0 aliphatic carbocycles. The zero-order valence-electron chi connectivity index (χ0n) is 9.55. The number of carboxylic acids is 1. The molecule has 0 radical (unpaired) electrons. The van der Waals surface area contributed by atoms with Gasteiger partial charge in [0.15, 0.2) is 5.69 Å². The van der Waals surface area contributed by atoms with Gasteiger partial charge in [-0.1, -0.05) is 5.16 Å². The van der Waals surface area contributed by atoms with Crippen molar-refractivity contribution < 1.29 is 19.2 Å². The molecular weight excluding hydrogens is 224 g/mol. The number of aromatic carboxylic acids is 1. The average Bonchev–Trinajstić information content (AvgIpc) is 2.78. The number of hydrogen-bond acceptors (Lipinski definition) is 4. The van der Waals surface area contributed by atoms with Crippen molar-refractivity contribution in [3.63, 3.8) is 0 Å². The number of aromatic nitrogens is 1. The summed E-state index contributed by atoms with van der Waals surface area (Å²) in [5.41, 5.74) is 0.0659. The first-order chi connectivity index (χ1) is 8.09. The maximum absolute atomic E-state index is 12.1. The zero-order valence-corrected chi connectivity index (χ0v) is 9.55. The standard InChI is InChI=1S/C11H14N2O4/c1-7-4-2-3-5-13(7)10(14)8-6-9(11(15)16)17-12-8/h6-7H,2-5H2,1H3,(H,15,16). The molecule has 1 atom stereocenters. The van der Waals surface area contributed by atoms with Crippen LogP contribution >= 0.6 is 0 Å². The average molecular weight is 238 g/mol. The number of piperidine rings is 1. The Hall–Kier alpha value is -1.85. The Morgan fingerprint density at radius 2 is 2.29 bits per heavy atom. The third kappa shape index (κ3) is 2.30. The molecule has 1 fully saturated rings. The van der Waals surface area contributed by atoms with Crippen LogP contribution in [0.25, 0.3) is 0 Å². The van der Waals surface area contributed by atoms with Crippen molar-refractivity contribution in [1.82, 2.24) is 10.1 Å². The molecule has 0 saturated carbocycles. The zero-order chi connectivity index (χ0) is 12.4. The molecule has 17 heavy (non-hydrogen) atoms. The van der Waals surface area contributed by atoms with Crippen molar-refractivity contribution in [3.8, 4) is 0 Å². The lowest BCUT2D eigenvalue weighted by Crippen LogP contribution is -2.42. The monoisotopic (exact) mass is 238 g/mol. The lowest BCUT2D eigenvalue weighted by molar-refractivity contribution is 0.0615. The number of carbonyl (C=O) groups is 2. The molecule has 1 saturated heterocycles. The quantitative estimate of drug-likeness (QED) is 0.841. The van der Waals surface area contributed by atoms with Crippen LogP contribution < -0.4 is 0 Å². The minimum absolute atomic E-state index is 0.0659. The maximum atomic E-state index is 12.1. The third-order valence-electron chi connectivity index (χ3n) is 3.00. The topological polar surface area (TPSA) is 83.6 Å². The molecule has 1 aromatic rings. The molecule has 0 bridgehead atoms. The lowest BCUT2D eigenvalue weighted by Gasteiger charge is -2.32. The second-order valence-corrected chi connectivity index (χ2v) is 4.22. The Morgan fingerprint density at radius 1 is 1.53 bits per heavy atom. The van der Waals surface area contributed by atoms with Crippen molar-refractivity contribution in [2.75, 3.05) is 6.54 Å². The highest BCUT2D eigenvalue weighted by molar-refractivity contribution is 5.95. The van der Waals surface area contributed by atoms with E-state index in [4.69, 9.17) is 5.11 Å². The molecule has 1 unspecified atom stereocenters. The summed E-state index contributed by atoms with van der Waals surface area (Å²) < 4.78 is 4.58. The van der Waals surface area contributed by atoms with Gasteiger partial charge in [0.25, 0.3) is 5.91 Å². The largest absolute Gasteiger partial charge is 0.475 e. The molecule has 1 N–H and O–H groups in total. The van der Waals surface area contributed by atoms with E-state index in [0.717, 1.165) is 19.3 Å². The Labute approximate surface area is 98.2 Å². The molecule has 6 heteroatoms. The van der Waals surface area contributed by atoms with Crippen LogP contribution in [-0.2, 0) is 0 Å². The van der Waals surface area contributed by atoms with Gasteiger partial charge >= 0.3 is 5.97 Å². The van der Waals surface area contributed by atoms with Crippen molar-refractivity contribution in [3.05, 3.63) is 17.5 Å². The van der Waals surface area contributed by atoms with E-state index in [0.29, 0.717) is 6.54 Å². The number of carbonyl (C=O) groups excluding carboxylic acids is 1. The highest BCUT2D eigenvalue weighted by atomic mass is 16.5. The molecule has 0 spiro atoms. The van der Waals surface area contributed by atoms with Gasteiger partial charge in [-0.05, 0) is 26.2 Å². The van der Waals surface area contributed by atoms with E-state index >= 15 is 0 Å². The minimum atomic E-state index is -1.22. The molecule has 1 amide bonds. The fourth-order valence-corrected chi connectivity index (χ4v) is 2.02. The molecule has 1 aliphatic rings. The molecule has 92 valence electrons. The van der Waals surface area contributed by atoms with Crippen molar-refractivity contribution in [1.29, 1.82) is 0 Å². The van der Waals surface area contributed by atoms with Gasteiger partial charge in [0.1, 0.15) is 0 Å². The fraction of sp³-hybridized carbons (Fsp3) is 0.545. The van der Waals surface area contributed by atoms with Gasteiger partial charge in [0, 0.05) is 18.7 Å². The van der Waals surface area contributed by atoms with E-state index in [1.165, 1.54) is 6.07 Å². The minimum Gasteiger partial charge on any atom is -0.475 e. The van der Waals surface area contributed by atoms with E-state index in [9.17, 15) is 9.59 Å². The van der Waals surface area contributed by atoms with Crippen molar-refractivity contribution in [2.45, 2.75) is 32.2 Å². The van der Waals surface area contributed by atoms with Gasteiger partial charge in [0.2, 0.25) is 5.76 Å². The van der Waals surface area contributed by atoms with Crippen LogP contribution in [0.3, 0.4) is 0 Å². The predicted octanol–water partition coefficient (Wildman–Crippen LogP) is 1.39. The SMILES string of the molecule is CC1CCCCN1C(=O)c1cc(C(=O)O)on1. The predicted molar refractivity (Wildman–Crippen MR) is 57.8 cm³/mol. The summed E-state index contributed by atoms with van der Waals surface area (Å²) in [7, 11) is 0. The molecule has 6 nitrogen and oxygen atoms in total. The summed E-state index contributed by atoms with van der Waals surface area (Å²) in [5.74, 6) is -1.78. The number of amides is 1. The van der Waals surface area contributed by atoms with Crippen LogP contribution in [0.5, 0.6) is 0 Å². The van der Waals surface area contributed by atoms with Crippen LogP contribution in [-0.4, -0.2) is 39.6 Å². The van der Waals surface area contributed by atoms with Gasteiger partial charge in [-0.15, -0.1) is 0 Å². The van der Waals surface area contributed by atoms with Gasteiger partial charge in [0.05, 0.1) is 0 Å². The lowest BCUT2D eigenvalue weighted by atomic mass is 10.0. The first kappa shape index (κ1) is 11.6. The summed E-state index contributed by atoms with van der Waals surface area (Å²) in [4.78, 5) is 24.4. The second kappa shape index (κ2) is 4.57. The molecule has 1 aliphatic heterocycles. The van der Waals surface area contributed by atoms with Crippen molar-refractivity contribution >= 4 is 11.9 Å². The van der Waals surface area contributed by atoms with Crippen LogP contribution in [0, 0.1) is 0 Å². The van der Waals surface area contributed by atoms with Gasteiger partial charge < -0.3 is 14.5 Å². The number of rotatable bonds is 2. The highest BCUT2D eigenvalue weighted by Gasteiger charge is 2.27. The Bertz CT molecular complexity index is 440. The van der Waals surface area contributed by atoms with Gasteiger partial charge in [-0.3, -0.25) is 4.79 Å². The van der Waals surface area contributed by atoms with E-state index in [-0.39, 0.29) is 23.4 Å². The smallest absolute Gasteiger partial charge is 0.374 e. The van der Waals surface area contributed by atoms with E-state index in [1.54, 1.807) is 4.90 Å². The first-order valence-corrected chi connectivity index (χ1v) is 5.60. The summed E-state index contributed by atoms with van der Waals surface area (Å²) in [6, 6.07) is 1.34. The summed E-state index contributed by atoms with van der Waals surface area (Å²) in [5, 5.41) is 12.2. The number of hydrogen-bond donors (Lipinski definition) is 1. The van der Waals surface area contributed by atoms with E-state index in [1.807, 2.05) is 6.92 Å². The number of carboxylic acid groups (broad SMARTS) is 1. The van der Waals surface area contributed by atoms with Crippen LogP contribution in [0.1, 0.15) is 47.2 Å². The molecule has 2 heterocycles. The number of likely N-dealkylation sites (tertiary alicyclic amines) is 1. The fourth-order valence-electron chi connectivity index (χ4n) is 2.02. The van der Waals surface area contributed by atoms with Crippen LogP contribution in [0.15, 0.2) is 10.6 Å². The molecular formula is C11H14N2O4. The maximum Gasteiger partial charge on any atom is 0.374 e. The second-order valence-electron chi connectivity index (χ2n) is 4.22. The Morgan fingerprint density at radius 3 is 2.88 bits per heavy atom. The summed E-state index contributed by atoms with van der Waals surface area (Å²) in [6.45, 7) is 2.67. The highest BCUT2D eigenvalue weighted by Crippen LogP contribution is 2.19. The molecule has 0 aromatic carbocycles. The molecule has 1 aromatic heterocycles. The first-order valence-electron chi connectivity index (χ1n) is 5.60. The third-order valence-corrected chi connectivity index (χ3v) is 3.00. The summed E-state index contributed by atoms with van der Waals surface area (Å²) >= 11 is 0. The van der Waals surface area contributed by atoms with Crippen molar-refractivity contribution in [2.24, 2.45) is 0 Å². The van der Waals surface area contributed by atoms with Gasteiger partial charge in [-0.25, -0.2) is 4.79 Å². The van der Waals surface area contributed by atoms with Crippen LogP contribution in [0.4, 0.5) is 0 Å². The van der Waals surface area contributed by atoms with Gasteiger partial charge in [-0.2, -0.15) is 0 Å². The van der Waals surface area contributed by atoms with Crippen LogP contribution in [0.2, 0.25) is 0 Å². The summed E-state index contributed by atoms with van der Waals surface area (Å²) in [6.07, 6.45) is 3.05.